The van der Waals surface area contributed by atoms with Gasteiger partial charge in [-0.2, -0.15) is 0 Å². The number of hydrazine groups is 1. The van der Waals surface area contributed by atoms with E-state index in [0.717, 1.165) is 0 Å². The number of likely N-dealkylation sites (N-methyl/N-ethyl adjacent to an activating group) is 1. The fraction of sp³-hybridized carbons (Fsp3) is 0.538. The smallest absolute Gasteiger partial charge is 0.292 e. The molecule has 0 bridgehead atoms. The Balaban J connectivity index is 5.26. The van der Waals surface area contributed by atoms with Gasteiger partial charge in [0.15, 0.2) is 0 Å². The summed E-state index contributed by atoms with van der Waals surface area (Å²) in [5.74, 6) is -0.163. The lowest BCUT2D eigenvalue weighted by Crippen LogP contribution is -2.49. The second-order valence-electron chi connectivity index (χ2n) is 4.18. The van der Waals surface area contributed by atoms with Crippen molar-refractivity contribution in [3.8, 4) is 0 Å². The molecule has 7 nitrogen and oxygen atoms in total. The van der Waals surface area contributed by atoms with E-state index in [9.17, 15) is 9.59 Å². The highest BCUT2D eigenvalue weighted by Crippen LogP contribution is 2.02. The van der Waals surface area contributed by atoms with E-state index in [1.807, 2.05) is 6.92 Å². The molecule has 0 radical (unpaired) electrons. The number of hydrogen-bond donors (Lipinski definition) is 4. The predicted molar refractivity (Wildman–Crippen MR) is 79.2 cm³/mol. The van der Waals surface area contributed by atoms with Crippen LogP contribution in [0.1, 0.15) is 20.3 Å². The molecular weight excluding hydrogens is 258 g/mol. The van der Waals surface area contributed by atoms with Crippen molar-refractivity contribution in [3.05, 3.63) is 23.7 Å². The minimum Gasteiger partial charge on any atom is -0.381 e. The van der Waals surface area contributed by atoms with Crippen LogP contribution in [-0.2, 0) is 9.59 Å². The molecule has 0 saturated heterocycles. The van der Waals surface area contributed by atoms with Gasteiger partial charge in [-0.3, -0.25) is 15.0 Å². The lowest BCUT2D eigenvalue weighted by atomic mass is 10.3. The molecule has 0 fully saturated rings. The van der Waals surface area contributed by atoms with E-state index in [1.54, 1.807) is 28.1 Å². The number of amides is 2. The van der Waals surface area contributed by atoms with E-state index in [2.05, 4.69) is 28.0 Å². The van der Waals surface area contributed by atoms with Crippen molar-refractivity contribution < 1.29 is 9.59 Å². The summed E-state index contributed by atoms with van der Waals surface area (Å²) in [6, 6.07) is 0. The van der Waals surface area contributed by atoms with Gasteiger partial charge in [-0.05, 0) is 13.3 Å². The summed E-state index contributed by atoms with van der Waals surface area (Å²) >= 11 is 0. The van der Waals surface area contributed by atoms with Crippen LogP contribution in [0.15, 0.2) is 23.7 Å². The molecule has 0 aliphatic rings. The molecule has 0 saturated carbocycles. The van der Waals surface area contributed by atoms with Gasteiger partial charge in [0.1, 0.15) is 11.5 Å². The number of carbonyl (C=O) groups excluding carboxylic acids is 2. The van der Waals surface area contributed by atoms with Crippen molar-refractivity contribution in [3.63, 3.8) is 0 Å². The monoisotopic (exact) mass is 283 g/mol. The van der Waals surface area contributed by atoms with Gasteiger partial charge in [0.25, 0.3) is 11.8 Å². The fourth-order valence-corrected chi connectivity index (χ4v) is 1.50. The van der Waals surface area contributed by atoms with Crippen molar-refractivity contribution in [2.24, 2.45) is 0 Å². The topological polar surface area (TPSA) is 85.5 Å². The minimum absolute atomic E-state index is 0.331. The summed E-state index contributed by atoms with van der Waals surface area (Å²) in [6.45, 7) is 7.48. The quantitative estimate of drug-likeness (QED) is 0.379. The summed E-state index contributed by atoms with van der Waals surface area (Å²) in [5.41, 5.74) is 3.23. The van der Waals surface area contributed by atoms with E-state index in [-0.39, 0.29) is 11.8 Å². The second kappa shape index (κ2) is 8.84. The Hall–Kier alpha value is -2.18. The van der Waals surface area contributed by atoms with Crippen LogP contribution in [0.4, 0.5) is 0 Å². The summed E-state index contributed by atoms with van der Waals surface area (Å²) in [5, 5.41) is 9.88. The number of nitrogens with one attached hydrogen (secondary N) is 4. The van der Waals surface area contributed by atoms with Gasteiger partial charge in [0, 0.05) is 33.3 Å². The third-order valence-electron chi connectivity index (χ3n) is 2.53. The highest BCUT2D eigenvalue weighted by molar-refractivity contribution is 5.97. The highest BCUT2D eigenvalue weighted by atomic mass is 16.2. The number of rotatable bonds is 7. The molecule has 20 heavy (non-hydrogen) atoms. The molecular formula is C13H25N5O2. The molecule has 7 heteroatoms. The Morgan fingerprint density at radius 2 is 1.65 bits per heavy atom. The van der Waals surface area contributed by atoms with Crippen molar-refractivity contribution >= 4 is 11.8 Å². The highest BCUT2D eigenvalue weighted by Gasteiger charge is 2.22. The maximum absolute atomic E-state index is 12.5. The Labute approximate surface area is 120 Å². The maximum atomic E-state index is 12.5. The zero-order chi connectivity index (χ0) is 15.7. The average molecular weight is 283 g/mol. The first kappa shape index (κ1) is 17.8. The first-order valence-corrected chi connectivity index (χ1v) is 6.48. The third-order valence-corrected chi connectivity index (χ3v) is 2.53. The average Bonchev–Trinajstić information content (AvgIpc) is 2.43. The maximum Gasteiger partial charge on any atom is 0.292 e. The van der Waals surface area contributed by atoms with Crippen LogP contribution in [0, 0.1) is 0 Å². The SMILES string of the molecule is C=C(C)C(=O)NN(CCC)C(=O)C(NC)=C(NC)NC. The fourth-order valence-electron chi connectivity index (χ4n) is 1.50. The summed E-state index contributed by atoms with van der Waals surface area (Å²) in [6.07, 6.45) is 0.716. The molecule has 0 spiro atoms. The number of carbonyl (C=O) groups is 2. The van der Waals surface area contributed by atoms with Crippen LogP contribution in [-0.4, -0.2) is 44.5 Å². The molecule has 0 aromatic carbocycles. The Bertz CT molecular complexity index is 398. The van der Waals surface area contributed by atoms with Crippen molar-refractivity contribution in [1.29, 1.82) is 0 Å². The molecule has 0 rings (SSSR count). The van der Waals surface area contributed by atoms with Crippen LogP contribution in [0.5, 0.6) is 0 Å². The third kappa shape index (κ3) is 4.83. The lowest BCUT2D eigenvalue weighted by Gasteiger charge is -2.25. The van der Waals surface area contributed by atoms with Gasteiger partial charge in [-0.15, -0.1) is 0 Å². The molecule has 4 N–H and O–H groups in total. The molecule has 114 valence electrons. The minimum atomic E-state index is -0.377. The molecule has 0 aliphatic heterocycles. The van der Waals surface area contributed by atoms with Crippen LogP contribution >= 0.6 is 0 Å². The summed E-state index contributed by atoms with van der Waals surface area (Å²) < 4.78 is 0. The van der Waals surface area contributed by atoms with Crippen molar-refractivity contribution in [1.82, 2.24) is 26.4 Å². The van der Waals surface area contributed by atoms with Gasteiger partial charge in [0.2, 0.25) is 0 Å². The molecule has 0 aromatic rings. The van der Waals surface area contributed by atoms with E-state index < -0.39 is 0 Å². The van der Waals surface area contributed by atoms with Gasteiger partial charge in [0.05, 0.1) is 0 Å². The van der Waals surface area contributed by atoms with Gasteiger partial charge < -0.3 is 16.0 Å². The van der Waals surface area contributed by atoms with Gasteiger partial charge in [-0.25, -0.2) is 5.01 Å². The van der Waals surface area contributed by atoms with E-state index in [1.165, 1.54) is 5.01 Å². The largest absolute Gasteiger partial charge is 0.381 e. The summed E-state index contributed by atoms with van der Waals surface area (Å²) in [4.78, 5) is 24.1. The predicted octanol–water partition coefficient (Wildman–Crippen LogP) is -0.340. The van der Waals surface area contributed by atoms with E-state index >= 15 is 0 Å². The van der Waals surface area contributed by atoms with Crippen LogP contribution in [0.2, 0.25) is 0 Å². The van der Waals surface area contributed by atoms with E-state index in [4.69, 9.17) is 0 Å². The Morgan fingerprint density at radius 1 is 1.10 bits per heavy atom. The van der Waals surface area contributed by atoms with Crippen molar-refractivity contribution in [2.45, 2.75) is 20.3 Å². The Kier molecular flexibility index (Phi) is 7.88. The van der Waals surface area contributed by atoms with Gasteiger partial charge in [-0.1, -0.05) is 13.5 Å². The van der Waals surface area contributed by atoms with Gasteiger partial charge >= 0.3 is 0 Å². The molecule has 2 amide bonds. The first-order valence-electron chi connectivity index (χ1n) is 6.48. The van der Waals surface area contributed by atoms with Crippen LogP contribution in [0.25, 0.3) is 0 Å². The summed E-state index contributed by atoms with van der Waals surface area (Å²) in [7, 11) is 5.05. The van der Waals surface area contributed by atoms with Crippen molar-refractivity contribution in [2.75, 3.05) is 27.7 Å². The Morgan fingerprint density at radius 3 is 2.00 bits per heavy atom. The van der Waals surface area contributed by atoms with Crippen LogP contribution in [0.3, 0.4) is 0 Å². The molecule has 0 aromatic heterocycles. The van der Waals surface area contributed by atoms with E-state index in [0.29, 0.717) is 30.1 Å². The molecule has 0 aliphatic carbocycles. The zero-order valence-electron chi connectivity index (χ0n) is 12.9. The number of hydrogen-bond acceptors (Lipinski definition) is 5. The normalized spacial score (nSPS) is 9.25. The molecule has 0 heterocycles. The standard InChI is InChI=1S/C13H25N5O2/c1-7-8-18(17-12(19)9(2)3)13(20)10(14-4)11(15-5)16-6/h14-16H,2,7-8H2,1,3-6H3,(H,17,19). The molecule has 0 atom stereocenters. The first-order chi connectivity index (χ1) is 9.42. The zero-order valence-corrected chi connectivity index (χ0v) is 12.9. The van der Waals surface area contributed by atoms with Crippen LogP contribution < -0.4 is 21.4 Å². The second-order valence-corrected chi connectivity index (χ2v) is 4.18. The number of nitrogens with zero attached hydrogens (tertiary/aromatic N) is 1. The lowest BCUT2D eigenvalue weighted by molar-refractivity contribution is -0.137. The molecule has 0 unspecified atom stereocenters.